The van der Waals surface area contributed by atoms with Crippen LogP contribution in [0.25, 0.3) is 0 Å². The number of para-hydroxylation sites is 1. The molecule has 1 fully saturated rings. The summed E-state index contributed by atoms with van der Waals surface area (Å²) in [5, 5.41) is 3.13. The van der Waals surface area contributed by atoms with Crippen LogP contribution in [-0.2, 0) is 16.0 Å². The first kappa shape index (κ1) is 23.1. The van der Waals surface area contributed by atoms with Crippen LogP contribution in [0.4, 0.5) is 5.69 Å². The number of rotatable bonds is 5. The van der Waals surface area contributed by atoms with Crippen molar-refractivity contribution < 1.29 is 14.3 Å². The zero-order valence-electron chi connectivity index (χ0n) is 20.1. The van der Waals surface area contributed by atoms with Gasteiger partial charge >= 0.3 is 0 Å². The number of benzene rings is 2. The Bertz CT molecular complexity index is 996. The van der Waals surface area contributed by atoms with Crippen LogP contribution in [0.3, 0.4) is 0 Å². The van der Waals surface area contributed by atoms with Gasteiger partial charge in [0.1, 0.15) is 17.8 Å². The van der Waals surface area contributed by atoms with E-state index in [-0.39, 0.29) is 17.9 Å². The smallest absolute Gasteiger partial charge is 0.247 e. The molecule has 176 valence electrons. The zero-order chi connectivity index (χ0) is 23.6. The van der Waals surface area contributed by atoms with Crippen LogP contribution in [-0.4, -0.2) is 48.5 Å². The molecule has 0 radical (unpaired) electrons. The number of carbonyl (C=O) groups excluding carboxylic acids is 2. The number of amides is 2. The lowest BCUT2D eigenvalue weighted by atomic mass is 9.99. The van der Waals surface area contributed by atoms with E-state index in [4.69, 9.17) is 4.74 Å². The fraction of sp³-hybridized carbons (Fsp3) is 0.481. The number of ether oxygens (including phenoxy) is 1. The molecule has 0 aliphatic carbocycles. The lowest BCUT2D eigenvalue weighted by Gasteiger charge is -2.37. The molecular formula is C27H35N3O3. The van der Waals surface area contributed by atoms with Gasteiger partial charge in [0.2, 0.25) is 11.8 Å². The van der Waals surface area contributed by atoms with Crippen molar-refractivity contribution in [2.45, 2.75) is 64.1 Å². The van der Waals surface area contributed by atoms with Crippen LogP contribution >= 0.6 is 0 Å². The Morgan fingerprint density at radius 2 is 1.82 bits per heavy atom. The average Bonchev–Trinajstić information content (AvgIpc) is 2.90. The lowest BCUT2D eigenvalue weighted by molar-refractivity contribution is -0.142. The van der Waals surface area contributed by atoms with Crippen molar-refractivity contribution >= 4 is 17.5 Å². The SMILES string of the molecule is COc1ccc(CCN2C(=O)C3CCCCN3c3ccccc3C2C(=O)NC(C)(C)C)cc1. The van der Waals surface area contributed by atoms with E-state index < -0.39 is 11.6 Å². The molecule has 0 spiro atoms. The van der Waals surface area contributed by atoms with Crippen LogP contribution in [0.2, 0.25) is 0 Å². The molecule has 0 saturated carbocycles. The van der Waals surface area contributed by atoms with Gasteiger partial charge in [-0.05, 0) is 70.2 Å². The van der Waals surface area contributed by atoms with Crippen molar-refractivity contribution in [3.63, 3.8) is 0 Å². The second-order valence-electron chi connectivity index (χ2n) is 10.0. The van der Waals surface area contributed by atoms with E-state index in [1.54, 1.807) is 7.11 Å². The first-order chi connectivity index (χ1) is 15.8. The zero-order valence-corrected chi connectivity index (χ0v) is 20.1. The molecular weight excluding hydrogens is 414 g/mol. The summed E-state index contributed by atoms with van der Waals surface area (Å²) >= 11 is 0. The van der Waals surface area contributed by atoms with Crippen LogP contribution in [0.1, 0.15) is 57.2 Å². The molecule has 2 unspecified atom stereocenters. The number of methoxy groups -OCH3 is 1. The van der Waals surface area contributed by atoms with Crippen molar-refractivity contribution in [2.75, 3.05) is 25.1 Å². The van der Waals surface area contributed by atoms with Crippen molar-refractivity contribution in [1.29, 1.82) is 0 Å². The summed E-state index contributed by atoms with van der Waals surface area (Å²) < 4.78 is 5.27. The van der Waals surface area contributed by atoms with Gasteiger partial charge in [-0.3, -0.25) is 9.59 Å². The first-order valence-corrected chi connectivity index (χ1v) is 11.9. The third kappa shape index (κ3) is 5.00. The Morgan fingerprint density at radius 1 is 1.09 bits per heavy atom. The van der Waals surface area contributed by atoms with Crippen molar-refractivity contribution in [1.82, 2.24) is 10.2 Å². The average molecular weight is 450 g/mol. The van der Waals surface area contributed by atoms with Crippen molar-refractivity contribution in [2.24, 2.45) is 0 Å². The van der Waals surface area contributed by atoms with E-state index in [1.807, 2.05) is 68.1 Å². The predicted octanol–water partition coefficient (Wildman–Crippen LogP) is 4.09. The Labute approximate surface area is 196 Å². The molecule has 0 aromatic heterocycles. The Kier molecular flexibility index (Phi) is 6.63. The second kappa shape index (κ2) is 9.46. The fourth-order valence-electron chi connectivity index (χ4n) is 4.95. The number of nitrogens with one attached hydrogen (secondary N) is 1. The maximum absolute atomic E-state index is 13.9. The summed E-state index contributed by atoms with van der Waals surface area (Å²) in [5.41, 5.74) is 2.63. The number of carbonyl (C=O) groups is 2. The minimum absolute atomic E-state index is 0.0495. The van der Waals surface area contributed by atoms with Crippen LogP contribution in [0, 0.1) is 0 Å². The molecule has 0 bridgehead atoms. The van der Waals surface area contributed by atoms with E-state index in [0.29, 0.717) is 13.0 Å². The summed E-state index contributed by atoms with van der Waals surface area (Å²) in [6.07, 6.45) is 3.58. The molecule has 2 aromatic carbocycles. The molecule has 1 N–H and O–H groups in total. The van der Waals surface area contributed by atoms with Gasteiger partial charge in [-0.2, -0.15) is 0 Å². The summed E-state index contributed by atoms with van der Waals surface area (Å²) in [6.45, 7) is 7.24. The van der Waals surface area contributed by atoms with Gasteiger partial charge in [0.25, 0.3) is 0 Å². The minimum atomic E-state index is -0.656. The Balaban J connectivity index is 1.72. The second-order valence-corrected chi connectivity index (χ2v) is 10.0. The van der Waals surface area contributed by atoms with Gasteiger partial charge in [-0.25, -0.2) is 0 Å². The largest absolute Gasteiger partial charge is 0.497 e. The molecule has 6 nitrogen and oxygen atoms in total. The number of piperidine rings is 1. The molecule has 6 heteroatoms. The maximum atomic E-state index is 13.9. The summed E-state index contributed by atoms with van der Waals surface area (Å²) in [4.78, 5) is 31.6. The minimum Gasteiger partial charge on any atom is -0.497 e. The molecule has 2 aromatic rings. The molecule has 2 amide bonds. The number of anilines is 1. The van der Waals surface area contributed by atoms with Gasteiger partial charge < -0.3 is 19.9 Å². The van der Waals surface area contributed by atoms with Crippen LogP contribution in [0.15, 0.2) is 48.5 Å². The number of fused-ring (bicyclic) bond motifs is 3. The molecule has 1 saturated heterocycles. The topological polar surface area (TPSA) is 61.9 Å². The summed E-state index contributed by atoms with van der Waals surface area (Å²) in [5.74, 6) is 0.727. The lowest BCUT2D eigenvalue weighted by Crippen LogP contribution is -2.53. The van der Waals surface area contributed by atoms with E-state index >= 15 is 0 Å². The third-order valence-corrected chi connectivity index (χ3v) is 6.47. The molecule has 4 rings (SSSR count). The highest BCUT2D eigenvalue weighted by atomic mass is 16.5. The van der Waals surface area contributed by atoms with Crippen LogP contribution in [0.5, 0.6) is 5.75 Å². The van der Waals surface area contributed by atoms with Crippen molar-refractivity contribution in [3.05, 3.63) is 59.7 Å². The molecule has 2 aliphatic heterocycles. The van der Waals surface area contributed by atoms with Gasteiger partial charge in [0.05, 0.1) is 7.11 Å². The van der Waals surface area contributed by atoms with Crippen LogP contribution < -0.4 is 15.0 Å². The number of hydrogen-bond donors (Lipinski definition) is 1. The fourth-order valence-corrected chi connectivity index (χ4v) is 4.95. The highest BCUT2D eigenvalue weighted by Gasteiger charge is 2.43. The van der Waals surface area contributed by atoms with Gasteiger partial charge in [0, 0.05) is 29.9 Å². The van der Waals surface area contributed by atoms with E-state index in [2.05, 4.69) is 16.3 Å². The highest BCUT2D eigenvalue weighted by Crippen LogP contribution is 2.39. The maximum Gasteiger partial charge on any atom is 0.247 e. The summed E-state index contributed by atoms with van der Waals surface area (Å²) in [7, 11) is 1.65. The Hall–Kier alpha value is -3.02. The van der Waals surface area contributed by atoms with E-state index in [1.165, 1.54) is 0 Å². The monoisotopic (exact) mass is 449 g/mol. The normalized spacial score (nSPS) is 20.5. The Morgan fingerprint density at radius 3 is 2.52 bits per heavy atom. The first-order valence-electron chi connectivity index (χ1n) is 11.9. The molecule has 2 atom stereocenters. The van der Waals surface area contributed by atoms with E-state index in [0.717, 1.165) is 48.4 Å². The van der Waals surface area contributed by atoms with Gasteiger partial charge in [0.15, 0.2) is 0 Å². The highest BCUT2D eigenvalue weighted by molar-refractivity contribution is 5.95. The van der Waals surface area contributed by atoms with Crippen molar-refractivity contribution in [3.8, 4) is 5.75 Å². The third-order valence-electron chi connectivity index (χ3n) is 6.47. The van der Waals surface area contributed by atoms with Gasteiger partial charge in [-0.15, -0.1) is 0 Å². The van der Waals surface area contributed by atoms with Gasteiger partial charge in [-0.1, -0.05) is 30.3 Å². The number of nitrogens with zero attached hydrogens (tertiary/aromatic N) is 2. The standard InChI is InChI=1S/C27H35N3O3/c1-27(2,3)28-25(31)24-21-9-5-6-10-22(21)29-17-8-7-11-23(29)26(32)30(24)18-16-19-12-14-20(33-4)15-13-19/h5-6,9-10,12-15,23-24H,7-8,11,16-18H2,1-4H3,(H,28,31). The summed E-state index contributed by atoms with van der Waals surface area (Å²) in [6, 6.07) is 15.1. The quantitative estimate of drug-likeness (QED) is 0.747. The molecule has 2 heterocycles. The van der Waals surface area contributed by atoms with E-state index in [9.17, 15) is 9.59 Å². The molecule has 2 aliphatic rings. The molecule has 33 heavy (non-hydrogen) atoms. The number of hydrogen-bond acceptors (Lipinski definition) is 4. The predicted molar refractivity (Wildman–Crippen MR) is 130 cm³/mol.